The summed E-state index contributed by atoms with van der Waals surface area (Å²) in [4.78, 5) is 16.0. The van der Waals surface area contributed by atoms with E-state index in [1.807, 2.05) is 6.92 Å². The molecule has 160 valence electrons. The third-order valence-electron chi connectivity index (χ3n) is 5.36. The number of benzene rings is 1. The lowest BCUT2D eigenvalue weighted by Gasteiger charge is -2.17. The second kappa shape index (κ2) is 6.82. The van der Waals surface area contributed by atoms with Crippen LogP contribution in [-0.2, 0) is 15.4 Å². The maximum absolute atomic E-state index is 13.3. The molecule has 1 aliphatic rings. The third kappa shape index (κ3) is 3.12. The summed E-state index contributed by atoms with van der Waals surface area (Å²) < 4.78 is 32.5. The summed E-state index contributed by atoms with van der Waals surface area (Å²) in [6, 6.07) is 4.88. The first kappa shape index (κ1) is 20.9. The average molecular weight is 451 g/mol. The van der Waals surface area contributed by atoms with Crippen LogP contribution >= 0.6 is 11.3 Å². The first-order chi connectivity index (χ1) is 14.0. The fourth-order valence-electron chi connectivity index (χ4n) is 3.46. The number of nitroso groups, excluding NO2 is 1. The Morgan fingerprint density at radius 1 is 1.37 bits per heavy atom. The van der Waals surface area contributed by atoms with E-state index in [0.29, 0.717) is 39.8 Å². The smallest absolute Gasteiger partial charge is 0.213 e. The highest BCUT2D eigenvalue weighted by molar-refractivity contribution is 7.93. The Labute approximate surface area is 177 Å². The predicted octanol–water partition coefficient (Wildman–Crippen LogP) is 3.07. The Morgan fingerprint density at radius 3 is 2.63 bits per heavy atom. The molecule has 3 aromatic rings. The molecule has 1 saturated carbocycles. The SMILES string of the molecule is COc1ccc(-c2c(C)nc3sc(C(C)(C)O)nn23)cc1S(=O)(=O)C1(CN=O)CC1. The van der Waals surface area contributed by atoms with E-state index in [0.717, 1.165) is 0 Å². The Hall–Kier alpha value is -2.37. The first-order valence-corrected chi connectivity index (χ1v) is 11.7. The number of sulfone groups is 1. The van der Waals surface area contributed by atoms with E-state index < -0.39 is 20.2 Å². The molecule has 1 aromatic carbocycles. The van der Waals surface area contributed by atoms with E-state index in [-0.39, 0.29) is 17.2 Å². The molecule has 0 spiro atoms. The van der Waals surface area contributed by atoms with Gasteiger partial charge in [0.15, 0.2) is 9.84 Å². The number of aromatic nitrogens is 3. The van der Waals surface area contributed by atoms with Crippen LogP contribution in [0.4, 0.5) is 0 Å². The number of aliphatic hydroxyl groups is 1. The molecule has 0 aliphatic heterocycles. The topological polar surface area (TPSA) is 123 Å². The lowest BCUT2D eigenvalue weighted by molar-refractivity contribution is 0.0773. The molecule has 11 heteroatoms. The third-order valence-corrected chi connectivity index (χ3v) is 9.16. The summed E-state index contributed by atoms with van der Waals surface area (Å²) in [5.74, 6) is 0.213. The molecule has 0 saturated heterocycles. The van der Waals surface area contributed by atoms with E-state index >= 15 is 0 Å². The minimum absolute atomic E-state index is 0.0240. The molecule has 0 unspecified atom stereocenters. The molecule has 1 aliphatic carbocycles. The van der Waals surface area contributed by atoms with E-state index in [9.17, 15) is 18.4 Å². The maximum atomic E-state index is 13.3. The highest BCUT2D eigenvalue weighted by Crippen LogP contribution is 2.49. The van der Waals surface area contributed by atoms with Gasteiger partial charge in [0, 0.05) is 5.56 Å². The van der Waals surface area contributed by atoms with Crippen molar-refractivity contribution in [3.05, 3.63) is 33.8 Å². The van der Waals surface area contributed by atoms with Gasteiger partial charge in [-0.1, -0.05) is 16.5 Å². The minimum Gasteiger partial charge on any atom is -0.495 e. The van der Waals surface area contributed by atoms with Crippen LogP contribution < -0.4 is 4.74 Å². The molecule has 2 heterocycles. The number of hydrogen-bond acceptors (Lipinski definition) is 9. The molecule has 9 nitrogen and oxygen atoms in total. The monoisotopic (exact) mass is 450 g/mol. The molecule has 4 rings (SSSR count). The standard InChI is InChI=1S/C19H22N4O5S2/c1-11-15(23-17(21-11)29-16(22-23)18(2,3)24)12-5-6-13(28-4)14(9-12)30(26,27)19(7-8-19)10-20-25/h5-6,9,24H,7-8,10H2,1-4H3. The Balaban J connectivity index is 1.90. The van der Waals surface area contributed by atoms with Crippen molar-refractivity contribution in [1.82, 2.24) is 14.6 Å². The molecule has 0 radical (unpaired) electrons. The van der Waals surface area contributed by atoms with Gasteiger partial charge in [-0.25, -0.2) is 17.9 Å². The van der Waals surface area contributed by atoms with Gasteiger partial charge in [0.1, 0.15) is 27.8 Å². The van der Waals surface area contributed by atoms with Crippen LogP contribution in [0.2, 0.25) is 0 Å². The first-order valence-electron chi connectivity index (χ1n) is 9.35. The van der Waals surface area contributed by atoms with E-state index in [1.54, 1.807) is 36.6 Å². The van der Waals surface area contributed by atoms with Crippen LogP contribution in [0.1, 0.15) is 37.4 Å². The van der Waals surface area contributed by atoms with Gasteiger partial charge < -0.3 is 9.84 Å². The fraction of sp³-hybridized carbons (Fsp3) is 0.474. The van der Waals surface area contributed by atoms with Gasteiger partial charge >= 0.3 is 0 Å². The lowest BCUT2D eigenvalue weighted by atomic mass is 10.1. The largest absolute Gasteiger partial charge is 0.495 e. The van der Waals surface area contributed by atoms with Crippen molar-refractivity contribution < 1.29 is 18.3 Å². The molecule has 1 fully saturated rings. The van der Waals surface area contributed by atoms with Crippen LogP contribution in [0.3, 0.4) is 0 Å². The van der Waals surface area contributed by atoms with Gasteiger partial charge in [-0.2, -0.15) is 10.0 Å². The highest BCUT2D eigenvalue weighted by Gasteiger charge is 2.56. The van der Waals surface area contributed by atoms with Gasteiger partial charge in [0.25, 0.3) is 0 Å². The molecule has 0 amide bonds. The summed E-state index contributed by atoms with van der Waals surface area (Å²) >= 11 is 1.27. The molecular weight excluding hydrogens is 428 g/mol. The van der Waals surface area contributed by atoms with Crippen molar-refractivity contribution in [3.63, 3.8) is 0 Å². The normalized spacial score (nSPS) is 16.0. The second-order valence-electron chi connectivity index (χ2n) is 8.05. The van der Waals surface area contributed by atoms with Crippen LogP contribution in [-0.4, -0.2) is 46.5 Å². The molecular formula is C19H22N4O5S2. The fourth-order valence-corrected chi connectivity index (χ4v) is 6.44. The predicted molar refractivity (Wildman–Crippen MR) is 113 cm³/mol. The number of rotatable bonds is 7. The Kier molecular flexibility index (Phi) is 4.75. The summed E-state index contributed by atoms with van der Waals surface area (Å²) in [6.07, 6.45) is 0.789. The number of methoxy groups -OCH3 is 1. The lowest BCUT2D eigenvalue weighted by Crippen LogP contribution is -2.27. The molecule has 1 N–H and O–H groups in total. The Bertz CT molecular complexity index is 1250. The van der Waals surface area contributed by atoms with Crippen LogP contribution in [0, 0.1) is 11.8 Å². The van der Waals surface area contributed by atoms with Crippen LogP contribution in [0.15, 0.2) is 28.3 Å². The highest BCUT2D eigenvalue weighted by atomic mass is 32.2. The summed E-state index contributed by atoms with van der Waals surface area (Å²) in [7, 11) is -2.43. The van der Waals surface area contributed by atoms with Crippen molar-refractivity contribution in [1.29, 1.82) is 0 Å². The number of ether oxygens (including phenoxy) is 1. The van der Waals surface area contributed by atoms with Gasteiger partial charge in [-0.3, -0.25) is 0 Å². The number of hydrogen-bond donors (Lipinski definition) is 1. The quantitative estimate of drug-likeness (QED) is 0.549. The van der Waals surface area contributed by atoms with Gasteiger partial charge in [-0.05, 0) is 51.8 Å². The summed E-state index contributed by atoms with van der Waals surface area (Å²) in [5, 5.41) is 18.1. The van der Waals surface area contributed by atoms with Gasteiger partial charge in [0.2, 0.25) is 4.96 Å². The number of fused-ring (bicyclic) bond motifs is 1. The molecule has 2 aromatic heterocycles. The van der Waals surface area contributed by atoms with Crippen LogP contribution in [0.25, 0.3) is 16.2 Å². The van der Waals surface area contributed by atoms with Crippen molar-refractivity contribution in [3.8, 4) is 17.0 Å². The molecule has 30 heavy (non-hydrogen) atoms. The zero-order chi connectivity index (χ0) is 21.9. The Morgan fingerprint density at radius 2 is 2.07 bits per heavy atom. The second-order valence-corrected chi connectivity index (χ2v) is 11.3. The molecule has 0 atom stereocenters. The van der Waals surface area contributed by atoms with Crippen molar-refractivity contribution >= 4 is 26.1 Å². The van der Waals surface area contributed by atoms with E-state index in [2.05, 4.69) is 15.3 Å². The van der Waals surface area contributed by atoms with E-state index in [4.69, 9.17) is 4.74 Å². The van der Waals surface area contributed by atoms with Crippen molar-refractivity contribution in [2.24, 2.45) is 5.18 Å². The van der Waals surface area contributed by atoms with Crippen LogP contribution in [0.5, 0.6) is 5.75 Å². The van der Waals surface area contributed by atoms with Crippen molar-refractivity contribution in [2.45, 2.75) is 48.9 Å². The maximum Gasteiger partial charge on any atom is 0.213 e. The minimum atomic E-state index is -3.84. The number of aryl methyl sites for hydroxylation is 1. The van der Waals surface area contributed by atoms with Gasteiger partial charge in [0.05, 0.1) is 23.2 Å². The summed E-state index contributed by atoms with van der Waals surface area (Å²) in [5.41, 5.74) is 0.793. The zero-order valence-electron chi connectivity index (χ0n) is 17.0. The van der Waals surface area contributed by atoms with E-state index in [1.165, 1.54) is 18.4 Å². The zero-order valence-corrected chi connectivity index (χ0v) is 18.7. The number of nitrogens with zero attached hydrogens (tertiary/aromatic N) is 4. The van der Waals surface area contributed by atoms with Gasteiger partial charge in [-0.15, -0.1) is 0 Å². The molecule has 0 bridgehead atoms. The van der Waals surface area contributed by atoms with Crippen molar-refractivity contribution in [2.75, 3.05) is 13.7 Å². The number of imidazole rings is 1. The average Bonchev–Trinajstić information content (AvgIpc) is 3.25. The summed E-state index contributed by atoms with van der Waals surface area (Å²) in [6.45, 7) is 4.83.